The Bertz CT molecular complexity index is 845. The lowest BCUT2D eigenvalue weighted by Crippen LogP contribution is -2.48. The van der Waals surface area contributed by atoms with Gasteiger partial charge in [-0.1, -0.05) is 57.5 Å². The molecular formula is C26H35N2OP. The van der Waals surface area contributed by atoms with E-state index in [4.69, 9.17) is 0 Å². The van der Waals surface area contributed by atoms with Crippen molar-refractivity contribution in [2.75, 3.05) is 24.7 Å². The highest BCUT2D eigenvalue weighted by Crippen LogP contribution is 2.33. The van der Waals surface area contributed by atoms with Gasteiger partial charge in [0, 0.05) is 36.8 Å². The van der Waals surface area contributed by atoms with E-state index < -0.39 is 0 Å². The van der Waals surface area contributed by atoms with Crippen molar-refractivity contribution < 1.29 is 4.79 Å². The third-order valence-electron chi connectivity index (χ3n) is 6.99. The zero-order valence-corrected chi connectivity index (χ0v) is 19.4. The summed E-state index contributed by atoms with van der Waals surface area (Å²) in [6.07, 6.45) is 6.95. The van der Waals surface area contributed by atoms with Gasteiger partial charge in [-0.2, -0.15) is 0 Å². The Kier molecular flexibility index (Phi) is 7.23. The molecule has 0 bridgehead atoms. The number of anilines is 1. The number of hydrogen-bond acceptors (Lipinski definition) is 3. The van der Waals surface area contributed by atoms with Crippen LogP contribution in [0.2, 0.25) is 0 Å². The van der Waals surface area contributed by atoms with E-state index in [2.05, 4.69) is 65.7 Å². The topological polar surface area (TPSA) is 32.3 Å². The third-order valence-corrected chi connectivity index (χ3v) is 7.89. The Labute approximate surface area is 183 Å². The van der Waals surface area contributed by atoms with Gasteiger partial charge in [-0.25, -0.2) is 0 Å². The first-order chi connectivity index (χ1) is 14.7. The summed E-state index contributed by atoms with van der Waals surface area (Å²) in [5.41, 5.74) is 5.88. The van der Waals surface area contributed by atoms with Crippen LogP contribution >= 0.6 is 8.58 Å². The van der Waals surface area contributed by atoms with E-state index in [0.29, 0.717) is 32.1 Å². The van der Waals surface area contributed by atoms with Crippen LogP contribution < -0.4 is 10.2 Å². The van der Waals surface area contributed by atoms with Crippen molar-refractivity contribution in [1.29, 1.82) is 0 Å². The van der Waals surface area contributed by atoms with Crippen LogP contribution in [0.3, 0.4) is 0 Å². The van der Waals surface area contributed by atoms with Gasteiger partial charge in [-0.05, 0) is 68.4 Å². The SMILES string of the molecule is CPC(=O)C1CCCC(NC2CCN(c3cccc(-c4ccccc4)c3C)CC2)C1. The molecule has 3 atom stereocenters. The zero-order valence-electron chi connectivity index (χ0n) is 18.4. The minimum atomic E-state index is 0.308. The summed E-state index contributed by atoms with van der Waals surface area (Å²) in [7, 11) is 0.454. The molecule has 0 amide bonds. The Morgan fingerprint density at radius 3 is 2.47 bits per heavy atom. The number of carbonyl (C=O) groups is 1. The molecule has 2 fully saturated rings. The molecule has 2 aromatic carbocycles. The van der Waals surface area contributed by atoms with Gasteiger partial charge in [-0.15, -0.1) is 0 Å². The predicted octanol–water partition coefficient (Wildman–Crippen LogP) is 5.61. The molecule has 1 aliphatic carbocycles. The largest absolute Gasteiger partial charge is 0.371 e. The maximum absolute atomic E-state index is 12.1. The smallest absolute Gasteiger partial charge is 0.154 e. The van der Waals surface area contributed by atoms with Crippen molar-refractivity contribution in [1.82, 2.24) is 5.32 Å². The van der Waals surface area contributed by atoms with Crippen molar-refractivity contribution in [3.05, 3.63) is 54.1 Å². The average Bonchev–Trinajstić information content (AvgIpc) is 2.80. The Morgan fingerprint density at radius 1 is 0.967 bits per heavy atom. The van der Waals surface area contributed by atoms with E-state index in [9.17, 15) is 4.79 Å². The Morgan fingerprint density at radius 2 is 1.73 bits per heavy atom. The number of carbonyl (C=O) groups excluding carboxylic acids is 1. The van der Waals surface area contributed by atoms with Crippen LogP contribution in [0.4, 0.5) is 5.69 Å². The van der Waals surface area contributed by atoms with Crippen molar-refractivity contribution >= 4 is 19.8 Å². The number of nitrogens with one attached hydrogen (secondary N) is 1. The molecule has 0 radical (unpaired) electrons. The second-order valence-electron chi connectivity index (χ2n) is 8.92. The van der Waals surface area contributed by atoms with Gasteiger partial charge in [0.1, 0.15) is 0 Å². The van der Waals surface area contributed by atoms with E-state index in [-0.39, 0.29) is 0 Å². The standard InChI is InChI=1S/C26H35N2OP/c1-19-24(20-8-4-3-5-9-20)12-7-13-25(19)28-16-14-22(15-17-28)27-23-11-6-10-21(18-23)26(29)30-2/h3-5,7-9,12-13,21-23,27,30H,6,10-11,14-18H2,1-2H3. The highest BCUT2D eigenvalue weighted by atomic mass is 31.1. The molecule has 0 spiro atoms. The molecule has 3 nitrogen and oxygen atoms in total. The molecule has 3 unspecified atom stereocenters. The van der Waals surface area contributed by atoms with Gasteiger partial charge in [0.05, 0.1) is 0 Å². The number of rotatable bonds is 6. The molecule has 1 aliphatic heterocycles. The van der Waals surface area contributed by atoms with Crippen LogP contribution in [-0.4, -0.2) is 37.4 Å². The summed E-state index contributed by atoms with van der Waals surface area (Å²) in [5.74, 6) is 0.308. The van der Waals surface area contributed by atoms with Gasteiger partial charge in [0.15, 0.2) is 5.52 Å². The van der Waals surface area contributed by atoms with Crippen LogP contribution in [0, 0.1) is 12.8 Å². The molecular weight excluding hydrogens is 387 g/mol. The van der Waals surface area contributed by atoms with Crippen molar-refractivity contribution in [3.8, 4) is 11.1 Å². The van der Waals surface area contributed by atoms with Crippen molar-refractivity contribution in [3.63, 3.8) is 0 Å². The number of hydrogen-bond donors (Lipinski definition) is 1. The summed E-state index contributed by atoms with van der Waals surface area (Å²) < 4.78 is 0. The molecule has 1 N–H and O–H groups in total. The van der Waals surface area contributed by atoms with Crippen molar-refractivity contribution in [2.24, 2.45) is 5.92 Å². The lowest BCUT2D eigenvalue weighted by Gasteiger charge is -2.38. The lowest BCUT2D eigenvalue weighted by molar-refractivity contribution is -0.115. The summed E-state index contributed by atoms with van der Waals surface area (Å²) >= 11 is 0. The first-order valence-corrected chi connectivity index (χ1v) is 13.0. The van der Waals surface area contributed by atoms with E-state index in [1.54, 1.807) is 0 Å². The van der Waals surface area contributed by atoms with E-state index in [1.165, 1.54) is 48.1 Å². The maximum atomic E-state index is 12.1. The first kappa shape index (κ1) is 21.5. The molecule has 1 heterocycles. The summed E-state index contributed by atoms with van der Waals surface area (Å²) in [6.45, 7) is 6.49. The van der Waals surface area contributed by atoms with Gasteiger partial charge in [-0.3, -0.25) is 4.79 Å². The van der Waals surface area contributed by atoms with E-state index in [0.717, 1.165) is 25.9 Å². The molecule has 2 aromatic rings. The Balaban J connectivity index is 1.36. The van der Waals surface area contributed by atoms with Crippen LogP contribution in [0.5, 0.6) is 0 Å². The molecule has 1 saturated carbocycles. The van der Waals surface area contributed by atoms with Gasteiger partial charge in [0.2, 0.25) is 0 Å². The fraction of sp³-hybridized carbons (Fsp3) is 0.500. The second-order valence-corrected chi connectivity index (χ2v) is 9.91. The fourth-order valence-electron chi connectivity index (χ4n) is 5.30. The van der Waals surface area contributed by atoms with Crippen LogP contribution in [0.25, 0.3) is 11.1 Å². The average molecular weight is 423 g/mol. The minimum Gasteiger partial charge on any atom is -0.371 e. The zero-order chi connectivity index (χ0) is 20.9. The minimum absolute atomic E-state index is 0.308. The monoisotopic (exact) mass is 422 g/mol. The van der Waals surface area contributed by atoms with Crippen LogP contribution in [0.15, 0.2) is 48.5 Å². The highest BCUT2D eigenvalue weighted by molar-refractivity contribution is 7.57. The number of piperidine rings is 1. The summed E-state index contributed by atoms with van der Waals surface area (Å²) in [5, 5.41) is 3.91. The first-order valence-electron chi connectivity index (χ1n) is 11.5. The number of benzene rings is 2. The van der Waals surface area contributed by atoms with Gasteiger partial charge < -0.3 is 10.2 Å². The fourth-order valence-corrected chi connectivity index (χ4v) is 5.97. The predicted molar refractivity (Wildman–Crippen MR) is 130 cm³/mol. The number of nitrogens with zero attached hydrogens (tertiary/aromatic N) is 1. The Hall–Kier alpha value is -1.70. The van der Waals surface area contributed by atoms with Gasteiger partial charge in [0.25, 0.3) is 0 Å². The summed E-state index contributed by atoms with van der Waals surface area (Å²) in [4.78, 5) is 14.7. The lowest BCUT2D eigenvalue weighted by atomic mass is 9.85. The molecule has 4 rings (SSSR count). The van der Waals surface area contributed by atoms with Crippen LogP contribution in [0.1, 0.15) is 44.1 Å². The molecule has 4 heteroatoms. The maximum Gasteiger partial charge on any atom is 0.154 e. The summed E-state index contributed by atoms with van der Waals surface area (Å²) in [6, 6.07) is 18.5. The third kappa shape index (κ3) is 4.95. The normalized spacial score (nSPS) is 23.2. The molecule has 2 aliphatic rings. The molecule has 1 saturated heterocycles. The van der Waals surface area contributed by atoms with Crippen molar-refractivity contribution in [2.45, 2.75) is 57.5 Å². The highest BCUT2D eigenvalue weighted by Gasteiger charge is 2.29. The van der Waals surface area contributed by atoms with Crippen LogP contribution in [-0.2, 0) is 4.79 Å². The van der Waals surface area contributed by atoms with E-state index >= 15 is 0 Å². The van der Waals surface area contributed by atoms with Gasteiger partial charge >= 0.3 is 0 Å². The van der Waals surface area contributed by atoms with E-state index in [1.807, 2.05) is 6.66 Å². The molecule has 30 heavy (non-hydrogen) atoms. The molecule has 160 valence electrons. The second kappa shape index (κ2) is 10.1. The molecule has 0 aromatic heterocycles. The quantitative estimate of drug-likeness (QED) is 0.614.